The molecule has 2 aliphatic heterocycles. The molecule has 3 heterocycles. The second-order valence-electron chi connectivity index (χ2n) is 6.65. The summed E-state index contributed by atoms with van der Waals surface area (Å²) in [4.78, 5) is 18.1. The Balaban J connectivity index is 1.58. The van der Waals surface area contributed by atoms with E-state index in [1.165, 1.54) is 0 Å². The van der Waals surface area contributed by atoms with Gasteiger partial charge in [0, 0.05) is 37.3 Å². The van der Waals surface area contributed by atoms with Gasteiger partial charge in [-0.1, -0.05) is 6.92 Å². The van der Waals surface area contributed by atoms with Crippen LogP contribution in [0.1, 0.15) is 12.5 Å². The Morgan fingerprint density at radius 3 is 3.04 bits per heavy atom. The van der Waals surface area contributed by atoms with Crippen molar-refractivity contribution in [1.82, 2.24) is 15.2 Å². The molecule has 7 nitrogen and oxygen atoms in total. The van der Waals surface area contributed by atoms with E-state index in [0.717, 1.165) is 5.56 Å². The first-order valence-corrected chi connectivity index (χ1v) is 9.36. The SMILES string of the molecule is COc1cc(CNC(=O)N2C[C@@H]3CS(=O)(=O)C[C@]3(C)C2)ccn1. The second-order valence-corrected chi connectivity index (χ2v) is 8.76. The molecule has 3 rings (SSSR count). The molecule has 1 aromatic heterocycles. The van der Waals surface area contributed by atoms with Gasteiger partial charge in [0.25, 0.3) is 0 Å². The number of nitrogens with one attached hydrogen (secondary N) is 1. The van der Waals surface area contributed by atoms with Gasteiger partial charge in [-0.25, -0.2) is 18.2 Å². The number of sulfone groups is 1. The molecular formula is C15H21N3O4S. The molecule has 0 bridgehead atoms. The van der Waals surface area contributed by atoms with Crippen molar-refractivity contribution in [2.45, 2.75) is 13.5 Å². The third-order valence-electron chi connectivity index (χ3n) is 4.72. The molecule has 126 valence electrons. The van der Waals surface area contributed by atoms with E-state index < -0.39 is 9.84 Å². The fraction of sp³-hybridized carbons (Fsp3) is 0.600. The summed E-state index contributed by atoms with van der Waals surface area (Å²) < 4.78 is 28.6. The van der Waals surface area contributed by atoms with Crippen LogP contribution in [0.3, 0.4) is 0 Å². The number of hydrogen-bond donors (Lipinski definition) is 1. The zero-order valence-corrected chi connectivity index (χ0v) is 14.1. The molecule has 0 saturated carbocycles. The maximum atomic E-state index is 12.3. The summed E-state index contributed by atoms with van der Waals surface area (Å²) in [6, 6.07) is 3.43. The Kier molecular flexibility index (Phi) is 3.95. The van der Waals surface area contributed by atoms with Gasteiger partial charge in [-0.3, -0.25) is 0 Å². The maximum absolute atomic E-state index is 12.3. The Morgan fingerprint density at radius 1 is 1.57 bits per heavy atom. The highest BCUT2D eigenvalue weighted by atomic mass is 32.2. The molecule has 23 heavy (non-hydrogen) atoms. The van der Waals surface area contributed by atoms with Gasteiger partial charge in [0.15, 0.2) is 9.84 Å². The summed E-state index contributed by atoms with van der Waals surface area (Å²) in [7, 11) is -1.41. The molecule has 1 N–H and O–H groups in total. The van der Waals surface area contributed by atoms with Crippen molar-refractivity contribution in [3.05, 3.63) is 23.9 Å². The Hall–Kier alpha value is -1.83. The number of carbonyl (C=O) groups excluding carboxylic acids is 1. The number of hydrogen-bond acceptors (Lipinski definition) is 5. The van der Waals surface area contributed by atoms with Gasteiger partial charge in [-0.2, -0.15) is 0 Å². The van der Waals surface area contributed by atoms with Crippen LogP contribution in [0.4, 0.5) is 4.79 Å². The highest BCUT2D eigenvalue weighted by molar-refractivity contribution is 7.91. The van der Waals surface area contributed by atoms with Crippen LogP contribution in [0.2, 0.25) is 0 Å². The lowest BCUT2D eigenvalue weighted by molar-refractivity contribution is 0.203. The van der Waals surface area contributed by atoms with Crippen LogP contribution >= 0.6 is 0 Å². The Bertz CT molecular complexity index is 721. The van der Waals surface area contributed by atoms with Gasteiger partial charge in [0.2, 0.25) is 5.88 Å². The number of fused-ring (bicyclic) bond motifs is 1. The number of amides is 2. The Labute approximate surface area is 135 Å². The van der Waals surface area contributed by atoms with Gasteiger partial charge >= 0.3 is 6.03 Å². The molecule has 0 unspecified atom stereocenters. The monoisotopic (exact) mass is 339 g/mol. The highest BCUT2D eigenvalue weighted by Crippen LogP contribution is 2.43. The third kappa shape index (κ3) is 3.26. The van der Waals surface area contributed by atoms with Gasteiger partial charge in [-0.05, 0) is 17.5 Å². The van der Waals surface area contributed by atoms with Crippen molar-refractivity contribution in [3.63, 3.8) is 0 Å². The molecule has 0 radical (unpaired) electrons. The zero-order chi connectivity index (χ0) is 16.7. The Morgan fingerprint density at radius 2 is 2.35 bits per heavy atom. The second kappa shape index (κ2) is 5.67. The average molecular weight is 339 g/mol. The fourth-order valence-electron chi connectivity index (χ4n) is 3.52. The number of likely N-dealkylation sites (tertiary alicyclic amines) is 1. The molecule has 0 aromatic carbocycles. The van der Waals surface area contributed by atoms with E-state index in [-0.39, 0.29) is 28.9 Å². The van der Waals surface area contributed by atoms with E-state index in [4.69, 9.17) is 4.74 Å². The van der Waals surface area contributed by atoms with Crippen molar-refractivity contribution >= 4 is 15.9 Å². The molecule has 0 spiro atoms. The molecule has 2 fully saturated rings. The summed E-state index contributed by atoms with van der Waals surface area (Å²) in [5.41, 5.74) is 0.592. The summed E-state index contributed by atoms with van der Waals surface area (Å²) in [6.45, 7) is 3.33. The number of urea groups is 1. The highest BCUT2D eigenvalue weighted by Gasteiger charge is 2.53. The number of pyridine rings is 1. The zero-order valence-electron chi connectivity index (χ0n) is 13.3. The third-order valence-corrected chi connectivity index (χ3v) is 6.73. The van der Waals surface area contributed by atoms with Crippen molar-refractivity contribution in [2.75, 3.05) is 31.7 Å². The maximum Gasteiger partial charge on any atom is 0.317 e. The summed E-state index contributed by atoms with van der Waals surface area (Å²) in [6.07, 6.45) is 1.63. The van der Waals surface area contributed by atoms with Crippen LogP contribution < -0.4 is 10.1 Å². The fourth-order valence-corrected chi connectivity index (χ4v) is 6.09. The van der Waals surface area contributed by atoms with E-state index in [0.29, 0.717) is 25.5 Å². The molecule has 2 saturated heterocycles. The summed E-state index contributed by atoms with van der Waals surface area (Å²) >= 11 is 0. The minimum Gasteiger partial charge on any atom is -0.481 e. The summed E-state index contributed by atoms with van der Waals surface area (Å²) in [5, 5.41) is 2.87. The lowest BCUT2D eigenvalue weighted by atomic mass is 9.84. The minimum absolute atomic E-state index is 0.0410. The lowest BCUT2D eigenvalue weighted by Crippen LogP contribution is -2.40. The number of aromatic nitrogens is 1. The van der Waals surface area contributed by atoms with Crippen molar-refractivity contribution in [1.29, 1.82) is 0 Å². The molecule has 2 aliphatic rings. The standard InChI is InChI=1S/C15H21N3O4S/c1-15-9-18(7-12(15)8-23(20,21)10-15)14(19)17-6-11-3-4-16-13(5-11)22-2/h3-5,12H,6-10H2,1-2H3,(H,17,19)/t12-,15+/m1/s1. The van der Waals surface area contributed by atoms with Gasteiger partial charge in [-0.15, -0.1) is 0 Å². The number of carbonyl (C=O) groups is 1. The minimum atomic E-state index is -2.96. The lowest BCUT2D eigenvalue weighted by Gasteiger charge is -2.22. The van der Waals surface area contributed by atoms with Crippen LogP contribution in [-0.2, 0) is 16.4 Å². The van der Waals surface area contributed by atoms with Crippen LogP contribution in [-0.4, -0.2) is 56.0 Å². The van der Waals surface area contributed by atoms with Crippen molar-refractivity contribution in [2.24, 2.45) is 11.3 Å². The first-order chi connectivity index (χ1) is 10.8. The number of ether oxygens (including phenoxy) is 1. The molecule has 2 atom stereocenters. The first-order valence-electron chi connectivity index (χ1n) is 7.53. The van der Waals surface area contributed by atoms with Gasteiger partial charge in [0.1, 0.15) is 0 Å². The quantitative estimate of drug-likeness (QED) is 0.874. The smallest absolute Gasteiger partial charge is 0.317 e. The topological polar surface area (TPSA) is 88.6 Å². The van der Waals surface area contributed by atoms with E-state index >= 15 is 0 Å². The van der Waals surface area contributed by atoms with E-state index in [9.17, 15) is 13.2 Å². The van der Waals surface area contributed by atoms with Crippen LogP contribution in [0.5, 0.6) is 5.88 Å². The summed E-state index contributed by atoms with van der Waals surface area (Å²) in [5.74, 6) is 0.912. The number of methoxy groups -OCH3 is 1. The first kappa shape index (κ1) is 16.0. The number of rotatable bonds is 3. The average Bonchev–Trinajstić information content (AvgIpc) is 2.91. The van der Waals surface area contributed by atoms with Crippen LogP contribution in [0.25, 0.3) is 0 Å². The molecule has 0 aliphatic carbocycles. The van der Waals surface area contributed by atoms with E-state index in [1.807, 2.05) is 13.0 Å². The number of nitrogens with zero attached hydrogens (tertiary/aromatic N) is 2. The van der Waals surface area contributed by atoms with E-state index in [1.54, 1.807) is 24.3 Å². The van der Waals surface area contributed by atoms with Crippen LogP contribution in [0.15, 0.2) is 18.3 Å². The normalized spacial score (nSPS) is 28.4. The predicted octanol–water partition coefficient (Wildman–Crippen LogP) is 0.666. The molecular weight excluding hydrogens is 318 g/mol. The predicted molar refractivity (Wildman–Crippen MR) is 84.8 cm³/mol. The molecule has 1 aromatic rings. The molecule has 2 amide bonds. The van der Waals surface area contributed by atoms with Crippen molar-refractivity contribution in [3.8, 4) is 5.88 Å². The van der Waals surface area contributed by atoms with Crippen LogP contribution in [0, 0.1) is 11.3 Å². The van der Waals surface area contributed by atoms with Gasteiger partial charge in [0.05, 0.1) is 18.6 Å². The van der Waals surface area contributed by atoms with Gasteiger partial charge < -0.3 is 15.0 Å². The van der Waals surface area contributed by atoms with E-state index in [2.05, 4.69) is 10.3 Å². The largest absolute Gasteiger partial charge is 0.481 e. The van der Waals surface area contributed by atoms with Crippen molar-refractivity contribution < 1.29 is 17.9 Å². The molecule has 8 heteroatoms.